The monoisotopic (exact) mass is 474 g/mol. The summed E-state index contributed by atoms with van der Waals surface area (Å²) in [5.74, 6) is 0.799. The maximum atomic E-state index is 12.3. The molecule has 0 fully saturated rings. The molecule has 0 aliphatic carbocycles. The third kappa shape index (κ3) is 5.90. The molecule has 2 N–H and O–H groups in total. The van der Waals surface area contributed by atoms with Gasteiger partial charge in [-0.2, -0.15) is 10.1 Å². The number of aromatic nitrogens is 5. The molecule has 0 saturated carbocycles. The van der Waals surface area contributed by atoms with Gasteiger partial charge >= 0.3 is 6.36 Å². The number of alkyl halides is 3. The van der Waals surface area contributed by atoms with E-state index < -0.39 is 6.36 Å². The zero-order chi connectivity index (χ0) is 24.1. The SMILES string of the molecule is Cc1cc(-c2nc(-c3ccc(OC(F)(F)F)cc3)no2)nn1Cc1ccc(NCCCO)nc1. The van der Waals surface area contributed by atoms with Gasteiger partial charge in [0.15, 0.2) is 5.69 Å². The summed E-state index contributed by atoms with van der Waals surface area (Å²) in [7, 11) is 0. The smallest absolute Gasteiger partial charge is 0.406 e. The second-order valence-electron chi connectivity index (χ2n) is 7.38. The zero-order valence-electron chi connectivity index (χ0n) is 18.1. The van der Waals surface area contributed by atoms with Crippen LogP contribution in [0.5, 0.6) is 5.75 Å². The van der Waals surface area contributed by atoms with Crippen molar-refractivity contribution in [3.05, 3.63) is 59.9 Å². The van der Waals surface area contributed by atoms with E-state index in [4.69, 9.17) is 9.63 Å². The third-order valence-electron chi connectivity index (χ3n) is 4.77. The zero-order valence-corrected chi connectivity index (χ0v) is 18.1. The van der Waals surface area contributed by atoms with Crippen LogP contribution in [0.2, 0.25) is 0 Å². The topological polar surface area (TPSA) is 111 Å². The van der Waals surface area contributed by atoms with Crippen molar-refractivity contribution in [3.63, 3.8) is 0 Å². The molecule has 9 nitrogen and oxygen atoms in total. The lowest BCUT2D eigenvalue weighted by molar-refractivity contribution is -0.274. The minimum Gasteiger partial charge on any atom is -0.406 e. The van der Waals surface area contributed by atoms with Crippen molar-refractivity contribution in [2.75, 3.05) is 18.5 Å². The molecule has 0 bridgehead atoms. The highest BCUT2D eigenvalue weighted by molar-refractivity contribution is 5.59. The lowest BCUT2D eigenvalue weighted by Gasteiger charge is -2.08. The number of nitrogens with zero attached hydrogens (tertiary/aromatic N) is 5. The number of hydrogen-bond acceptors (Lipinski definition) is 8. The molecular weight excluding hydrogens is 453 g/mol. The molecule has 1 aromatic carbocycles. The van der Waals surface area contributed by atoms with Gasteiger partial charge in [0.25, 0.3) is 5.89 Å². The van der Waals surface area contributed by atoms with Crippen LogP contribution in [0.4, 0.5) is 19.0 Å². The van der Waals surface area contributed by atoms with Gasteiger partial charge in [-0.25, -0.2) is 4.98 Å². The number of ether oxygens (including phenoxy) is 1. The van der Waals surface area contributed by atoms with Crippen LogP contribution >= 0.6 is 0 Å². The molecule has 12 heteroatoms. The van der Waals surface area contributed by atoms with Crippen LogP contribution in [0.15, 0.2) is 53.2 Å². The van der Waals surface area contributed by atoms with E-state index in [1.807, 2.05) is 19.1 Å². The van der Waals surface area contributed by atoms with E-state index in [0.717, 1.165) is 17.1 Å². The van der Waals surface area contributed by atoms with Gasteiger partial charge in [0.1, 0.15) is 11.6 Å². The Hall–Kier alpha value is -3.93. The Labute approximate surface area is 192 Å². The lowest BCUT2D eigenvalue weighted by atomic mass is 10.2. The van der Waals surface area contributed by atoms with E-state index in [9.17, 15) is 13.2 Å². The molecule has 0 amide bonds. The van der Waals surface area contributed by atoms with Crippen molar-refractivity contribution in [1.82, 2.24) is 24.9 Å². The highest BCUT2D eigenvalue weighted by atomic mass is 19.4. The Morgan fingerprint density at radius 2 is 1.94 bits per heavy atom. The number of aliphatic hydroxyl groups excluding tert-OH is 1. The van der Waals surface area contributed by atoms with Crippen LogP contribution in [-0.2, 0) is 6.54 Å². The summed E-state index contributed by atoms with van der Waals surface area (Å²) in [5, 5.41) is 20.4. The second-order valence-corrected chi connectivity index (χ2v) is 7.38. The summed E-state index contributed by atoms with van der Waals surface area (Å²) in [5.41, 5.74) is 2.76. The van der Waals surface area contributed by atoms with Gasteiger partial charge in [-0.05, 0) is 55.3 Å². The molecule has 4 aromatic rings. The molecular formula is C22H21F3N6O3. The maximum Gasteiger partial charge on any atom is 0.573 e. The molecule has 3 heterocycles. The number of anilines is 1. The number of benzene rings is 1. The Morgan fingerprint density at radius 1 is 1.15 bits per heavy atom. The number of rotatable bonds is 9. The maximum absolute atomic E-state index is 12.3. The predicted octanol–water partition coefficient (Wildman–Crippen LogP) is 4.04. The number of aryl methyl sites for hydroxylation is 1. The molecule has 0 radical (unpaired) electrons. The summed E-state index contributed by atoms with van der Waals surface area (Å²) in [6, 6.07) is 10.8. The van der Waals surface area contributed by atoms with E-state index in [0.29, 0.717) is 30.8 Å². The first-order chi connectivity index (χ1) is 16.3. The highest BCUT2D eigenvalue weighted by Crippen LogP contribution is 2.27. The highest BCUT2D eigenvalue weighted by Gasteiger charge is 2.31. The molecule has 0 spiro atoms. The Balaban J connectivity index is 1.43. The van der Waals surface area contributed by atoms with Gasteiger partial charge < -0.3 is 19.7 Å². The number of nitrogens with one attached hydrogen (secondary N) is 1. The van der Waals surface area contributed by atoms with Crippen molar-refractivity contribution in [2.24, 2.45) is 0 Å². The van der Waals surface area contributed by atoms with Crippen LogP contribution in [0, 0.1) is 6.92 Å². The largest absolute Gasteiger partial charge is 0.573 e. The van der Waals surface area contributed by atoms with Crippen LogP contribution in [0.3, 0.4) is 0 Å². The fourth-order valence-corrected chi connectivity index (χ4v) is 3.12. The normalized spacial score (nSPS) is 11.6. The average molecular weight is 474 g/mol. The molecule has 4 rings (SSSR count). The quantitative estimate of drug-likeness (QED) is 0.350. The van der Waals surface area contributed by atoms with Gasteiger partial charge in [0.05, 0.1) is 6.54 Å². The number of hydrogen-bond donors (Lipinski definition) is 2. The van der Waals surface area contributed by atoms with E-state index in [2.05, 4.69) is 30.3 Å². The van der Waals surface area contributed by atoms with Crippen molar-refractivity contribution in [2.45, 2.75) is 26.3 Å². The van der Waals surface area contributed by atoms with Gasteiger partial charge in [0, 0.05) is 30.6 Å². The van der Waals surface area contributed by atoms with Crippen LogP contribution in [0.25, 0.3) is 23.0 Å². The average Bonchev–Trinajstić information content (AvgIpc) is 3.42. The summed E-state index contributed by atoms with van der Waals surface area (Å²) in [6.07, 6.45) is -2.36. The molecule has 0 saturated heterocycles. The van der Waals surface area contributed by atoms with Gasteiger partial charge in [0.2, 0.25) is 5.82 Å². The molecule has 0 aliphatic rings. The predicted molar refractivity (Wildman–Crippen MR) is 116 cm³/mol. The summed E-state index contributed by atoms with van der Waals surface area (Å²) in [4.78, 5) is 8.67. The minimum absolute atomic E-state index is 0.122. The Kier molecular flexibility index (Phi) is 6.77. The van der Waals surface area contributed by atoms with E-state index >= 15 is 0 Å². The van der Waals surface area contributed by atoms with Crippen molar-refractivity contribution in [1.29, 1.82) is 0 Å². The van der Waals surface area contributed by atoms with Crippen LogP contribution in [0.1, 0.15) is 17.7 Å². The molecule has 0 atom stereocenters. The van der Waals surface area contributed by atoms with Crippen molar-refractivity contribution < 1.29 is 27.5 Å². The molecule has 34 heavy (non-hydrogen) atoms. The molecule has 178 valence electrons. The van der Waals surface area contributed by atoms with Gasteiger partial charge in [-0.15, -0.1) is 13.2 Å². The molecule has 0 unspecified atom stereocenters. The summed E-state index contributed by atoms with van der Waals surface area (Å²) >= 11 is 0. The number of aliphatic hydroxyl groups is 1. The fraction of sp³-hybridized carbons (Fsp3) is 0.273. The van der Waals surface area contributed by atoms with Crippen LogP contribution < -0.4 is 10.1 Å². The first kappa shape index (κ1) is 23.2. The standard InChI is InChI=1S/C22H21F3N6O3/c1-14-11-18(29-31(14)13-15-3-8-19(27-12-15)26-9-2-10-32)21-28-20(30-34-21)16-4-6-17(7-5-16)33-22(23,24)25/h3-8,11-12,32H,2,9-10,13H2,1H3,(H,26,27). The second kappa shape index (κ2) is 9.91. The number of halogens is 3. The Bertz CT molecular complexity index is 1220. The summed E-state index contributed by atoms with van der Waals surface area (Å²) < 4.78 is 47.9. The number of pyridine rings is 1. The fourth-order valence-electron chi connectivity index (χ4n) is 3.12. The van der Waals surface area contributed by atoms with Crippen molar-refractivity contribution in [3.8, 4) is 28.7 Å². The van der Waals surface area contributed by atoms with E-state index in [1.54, 1.807) is 16.9 Å². The molecule has 3 aromatic heterocycles. The first-order valence-corrected chi connectivity index (χ1v) is 10.3. The van der Waals surface area contributed by atoms with Gasteiger partial charge in [-0.1, -0.05) is 11.2 Å². The van der Waals surface area contributed by atoms with Gasteiger partial charge in [-0.3, -0.25) is 4.68 Å². The van der Waals surface area contributed by atoms with Crippen LogP contribution in [-0.4, -0.2) is 49.5 Å². The first-order valence-electron chi connectivity index (χ1n) is 10.3. The lowest BCUT2D eigenvalue weighted by Crippen LogP contribution is -2.16. The minimum atomic E-state index is -4.76. The summed E-state index contributed by atoms with van der Waals surface area (Å²) in [6.45, 7) is 3.14. The van der Waals surface area contributed by atoms with E-state index in [1.165, 1.54) is 24.3 Å². The molecule has 0 aliphatic heterocycles. The third-order valence-corrected chi connectivity index (χ3v) is 4.77. The Morgan fingerprint density at radius 3 is 2.62 bits per heavy atom. The van der Waals surface area contributed by atoms with Crippen molar-refractivity contribution >= 4 is 5.82 Å². The van der Waals surface area contributed by atoms with E-state index in [-0.39, 0.29) is 24.1 Å².